The third kappa shape index (κ3) is 3.90. The first-order valence-electron chi connectivity index (χ1n) is 5.42. The fourth-order valence-corrected chi connectivity index (χ4v) is 1.55. The molecular weight excluding hydrogens is 204 g/mol. The lowest BCUT2D eigenvalue weighted by Gasteiger charge is -2.09. The average molecular weight is 222 g/mol. The topological polar surface area (TPSA) is 75.3 Å². The van der Waals surface area contributed by atoms with E-state index in [0.29, 0.717) is 0 Å². The van der Waals surface area contributed by atoms with Crippen LogP contribution in [0.5, 0.6) is 5.75 Å². The van der Waals surface area contributed by atoms with Gasteiger partial charge in [0.2, 0.25) is 5.91 Å². The summed E-state index contributed by atoms with van der Waals surface area (Å²) in [5.74, 6) is 5.15. The van der Waals surface area contributed by atoms with Crippen LogP contribution in [-0.2, 0) is 11.2 Å². The molecule has 0 heterocycles. The molecule has 0 saturated carbocycles. The zero-order valence-electron chi connectivity index (χ0n) is 9.44. The number of rotatable bonds is 5. The van der Waals surface area contributed by atoms with E-state index in [1.165, 1.54) is 0 Å². The number of nitrogens with one attached hydrogen (secondary N) is 1. The van der Waals surface area contributed by atoms with E-state index in [4.69, 9.17) is 10.9 Å². The van der Waals surface area contributed by atoms with Crippen LogP contribution < -0.4 is 11.3 Å². The number of carbonyl (C=O) groups is 1. The van der Waals surface area contributed by atoms with Crippen LogP contribution in [0.3, 0.4) is 0 Å². The zero-order chi connectivity index (χ0) is 12.0. The van der Waals surface area contributed by atoms with E-state index < -0.39 is 0 Å². The number of phenols is 1. The molecule has 16 heavy (non-hydrogen) atoms. The molecule has 1 aromatic carbocycles. The molecule has 4 N–H and O–H groups in total. The molecule has 0 aliphatic carbocycles. The van der Waals surface area contributed by atoms with Crippen molar-refractivity contribution in [3.63, 3.8) is 0 Å². The number of nitrogens with two attached hydrogens (primary N) is 1. The van der Waals surface area contributed by atoms with Gasteiger partial charge in [-0.2, -0.15) is 0 Å². The zero-order valence-corrected chi connectivity index (χ0v) is 9.44. The van der Waals surface area contributed by atoms with Gasteiger partial charge in [0.25, 0.3) is 0 Å². The highest BCUT2D eigenvalue weighted by molar-refractivity contribution is 5.77. The third-order valence-electron chi connectivity index (χ3n) is 2.63. The molecule has 1 aromatic rings. The summed E-state index contributed by atoms with van der Waals surface area (Å²) in [7, 11) is 0. The summed E-state index contributed by atoms with van der Waals surface area (Å²) in [5, 5.41) is 9.11. The van der Waals surface area contributed by atoms with Gasteiger partial charge in [0.15, 0.2) is 0 Å². The van der Waals surface area contributed by atoms with Gasteiger partial charge in [-0.3, -0.25) is 10.2 Å². The Morgan fingerprint density at radius 2 is 2.06 bits per heavy atom. The van der Waals surface area contributed by atoms with E-state index >= 15 is 0 Å². The molecule has 0 aliphatic rings. The molecule has 1 atom stereocenters. The number of amides is 1. The van der Waals surface area contributed by atoms with Gasteiger partial charge in [0.1, 0.15) is 5.75 Å². The Hall–Kier alpha value is -1.55. The maximum atomic E-state index is 11.1. The van der Waals surface area contributed by atoms with Crippen LogP contribution in [0.15, 0.2) is 24.3 Å². The van der Waals surface area contributed by atoms with Crippen molar-refractivity contribution < 1.29 is 9.90 Å². The van der Waals surface area contributed by atoms with Gasteiger partial charge < -0.3 is 5.11 Å². The first kappa shape index (κ1) is 12.5. The van der Waals surface area contributed by atoms with Crippen LogP contribution in [0, 0.1) is 5.92 Å². The van der Waals surface area contributed by atoms with E-state index in [-0.39, 0.29) is 17.6 Å². The Morgan fingerprint density at radius 1 is 1.44 bits per heavy atom. The van der Waals surface area contributed by atoms with Gasteiger partial charge in [0, 0.05) is 5.92 Å². The van der Waals surface area contributed by atoms with Gasteiger partial charge in [-0.25, -0.2) is 5.84 Å². The minimum absolute atomic E-state index is 0.0536. The minimum Gasteiger partial charge on any atom is -0.508 e. The van der Waals surface area contributed by atoms with Crippen molar-refractivity contribution in [1.29, 1.82) is 0 Å². The quantitative estimate of drug-likeness (QED) is 0.400. The molecule has 0 spiro atoms. The molecule has 4 heteroatoms. The normalized spacial score (nSPS) is 12.1. The molecular formula is C12H18N2O2. The second kappa shape index (κ2) is 6.12. The van der Waals surface area contributed by atoms with Gasteiger partial charge in [-0.1, -0.05) is 19.1 Å². The second-order valence-electron chi connectivity index (χ2n) is 3.97. The Kier molecular flexibility index (Phi) is 4.79. The van der Waals surface area contributed by atoms with Gasteiger partial charge in [-0.05, 0) is 37.0 Å². The lowest BCUT2D eigenvalue weighted by Crippen LogP contribution is -2.34. The maximum absolute atomic E-state index is 11.1. The van der Waals surface area contributed by atoms with E-state index in [2.05, 4.69) is 5.43 Å². The summed E-state index contributed by atoms with van der Waals surface area (Å²) in [6, 6.07) is 7.13. The van der Waals surface area contributed by atoms with Gasteiger partial charge >= 0.3 is 0 Å². The number of aryl methyl sites for hydroxylation is 1. The Morgan fingerprint density at radius 3 is 2.62 bits per heavy atom. The van der Waals surface area contributed by atoms with Crippen LogP contribution in [0.25, 0.3) is 0 Å². The van der Waals surface area contributed by atoms with Crippen LogP contribution in [-0.4, -0.2) is 11.0 Å². The lowest BCUT2D eigenvalue weighted by molar-refractivity contribution is -0.124. The second-order valence-corrected chi connectivity index (χ2v) is 3.97. The van der Waals surface area contributed by atoms with E-state index in [9.17, 15) is 4.79 Å². The summed E-state index contributed by atoms with van der Waals surface area (Å²) in [5.41, 5.74) is 3.31. The molecule has 0 saturated heterocycles. The largest absolute Gasteiger partial charge is 0.508 e. The fourth-order valence-electron chi connectivity index (χ4n) is 1.55. The SMILES string of the molecule is C[C@@H](CCCc1ccc(O)cc1)C(=O)NN. The van der Waals surface area contributed by atoms with Crippen molar-refractivity contribution >= 4 is 5.91 Å². The summed E-state index contributed by atoms with van der Waals surface area (Å²) in [6.45, 7) is 1.86. The Balaban J connectivity index is 2.30. The van der Waals surface area contributed by atoms with Gasteiger partial charge in [-0.15, -0.1) is 0 Å². The number of carbonyl (C=O) groups excluding carboxylic acids is 1. The number of phenolic OH excluding ortho intramolecular Hbond substituents is 1. The number of aromatic hydroxyl groups is 1. The molecule has 88 valence electrons. The molecule has 0 bridgehead atoms. The summed E-state index contributed by atoms with van der Waals surface area (Å²) < 4.78 is 0. The number of hydrogen-bond donors (Lipinski definition) is 3. The number of benzene rings is 1. The van der Waals surface area contributed by atoms with Crippen molar-refractivity contribution in [3.05, 3.63) is 29.8 Å². The molecule has 0 aromatic heterocycles. The molecule has 4 nitrogen and oxygen atoms in total. The highest BCUT2D eigenvalue weighted by atomic mass is 16.3. The molecule has 0 radical (unpaired) electrons. The first-order valence-corrected chi connectivity index (χ1v) is 5.42. The molecule has 1 rings (SSSR count). The van der Waals surface area contributed by atoms with Crippen molar-refractivity contribution in [2.24, 2.45) is 11.8 Å². The van der Waals surface area contributed by atoms with Crippen molar-refractivity contribution in [2.45, 2.75) is 26.2 Å². The summed E-state index contributed by atoms with van der Waals surface area (Å²) >= 11 is 0. The monoisotopic (exact) mass is 222 g/mol. The predicted molar refractivity (Wildman–Crippen MR) is 62.5 cm³/mol. The first-order chi connectivity index (χ1) is 7.63. The highest BCUT2D eigenvalue weighted by Crippen LogP contribution is 2.13. The smallest absolute Gasteiger partial charge is 0.236 e. The summed E-state index contributed by atoms with van der Waals surface area (Å²) in [6.07, 6.45) is 2.64. The van der Waals surface area contributed by atoms with E-state index in [1.807, 2.05) is 19.1 Å². The molecule has 1 amide bonds. The Labute approximate surface area is 95.4 Å². The van der Waals surface area contributed by atoms with Crippen molar-refractivity contribution in [3.8, 4) is 5.75 Å². The minimum atomic E-state index is -0.120. The standard InChI is InChI=1S/C12H18N2O2/c1-9(12(16)14-13)3-2-4-10-5-7-11(15)8-6-10/h5-9,15H,2-4,13H2,1H3,(H,14,16)/t9-/m0/s1. The van der Waals surface area contributed by atoms with Gasteiger partial charge in [0.05, 0.1) is 0 Å². The number of hydrogen-bond acceptors (Lipinski definition) is 3. The maximum Gasteiger partial charge on any atom is 0.236 e. The van der Waals surface area contributed by atoms with Crippen molar-refractivity contribution in [1.82, 2.24) is 5.43 Å². The molecule has 0 aliphatic heterocycles. The molecule has 0 fully saturated rings. The van der Waals surface area contributed by atoms with E-state index in [0.717, 1.165) is 24.8 Å². The average Bonchev–Trinajstić information content (AvgIpc) is 2.30. The lowest BCUT2D eigenvalue weighted by atomic mass is 10.0. The van der Waals surface area contributed by atoms with E-state index in [1.54, 1.807) is 12.1 Å². The van der Waals surface area contributed by atoms with Crippen LogP contribution in [0.1, 0.15) is 25.3 Å². The van der Waals surface area contributed by atoms with Crippen LogP contribution >= 0.6 is 0 Å². The van der Waals surface area contributed by atoms with Crippen LogP contribution in [0.4, 0.5) is 0 Å². The van der Waals surface area contributed by atoms with Crippen LogP contribution in [0.2, 0.25) is 0 Å². The number of hydrazine groups is 1. The summed E-state index contributed by atoms with van der Waals surface area (Å²) in [4.78, 5) is 11.1. The van der Waals surface area contributed by atoms with Crippen molar-refractivity contribution in [2.75, 3.05) is 0 Å². The highest BCUT2D eigenvalue weighted by Gasteiger charge is 2.10. The predicted octanol–water partition coefficient (Wildman–Crippen LogP) is 1.34. The molecule has 0 unspecified atom stereocenters. The third-order valence-corrected chi connectivity index (χ3v) is 2.63. The Bertz CT molecular complexity index is 335. The fraction of sp³-hybridized carbons (Fsp3) is 0.417.